The summed E-state index contributed by atoms with van der Waals surface area (Å²) in [4.78, 5) is 32.0. The number of hydrogen-bond acceptors (Lipinski definition) is 8. The Labute approximate surface area is 231 Å². The lowest BCUT2D eigenvalue weighted by atomic mass is 9.69. The maximum Gasteiger partial charge on any atom is 0.315 e. The van der Waals surface area contributed by atoms with Gasteiger partial charge in [-0.2, -0.15) is 0 Å². The number of ketones is 1. The molecule has 4 rings (SSSR count). The van der Waals surface area contributed by atoms with Gasteiger partial charge in [-0.05, 0) is 61.6 Å². The van der Waals surface area contributed by atoms with Crippen LogP contribution in [0.3, 0.4) is 0 Å². The van der Waals surface area contributed by atoms with Crippen LogP contribution in [0.15, 0.2) is 51.1 Å². The SMILES string of the molecule is CCOC(=O)C1C(C)=NC2=C(C(=O)C[C@@H](c3ccc(OC)c(OC)c3)C2)[C@@H]1c1cc(OC)c(OC)cc1Br. The molecule has 1 unspecified atom stereocenters. The molecule has 2 aromatic rings. The van der Waals surface area contributed by atoms with Gasteiger partial charge in [0.25, 0.3) is 0 Å². The summed E-state index contributed by atoms with van der Waals surface area (Å²) in [7, 11) is 6.29. The zero-order chi connectivity index (χ0) is 27.6. The maximum atomic E-state index is 13.9. The molecule has 0 fully saturated rings. The van der Waals surface area contributed by atoms with Gasteiger partial charge in [0.2, 0.25) is 0 Å². The van der Waals surface area contributed by atoms with Crippen LogP contribution in [0.2, 0.25) is 0 Å². The first-order valence-corrected chi connectivity index (χ1v) is 13.2. The van der Waals surface area contributed by atoms with E-state index in [0.717, 1.165) is 11.1 Å². The highest BCUT2D eigenvalue weighted by Gasteiger charge is 2.45. The van der Waals surface area contributed by atoms with Crippen molar-refractivity contribution < 1.29 is 33.3 Å². The third kappa shape index (κ3) is 5.04. The minimum absolute atomic E-state index is 0.0525. The number of Topliss-reactive ketones (excluding diaryl/α,β-unsaturated/α-hetero) is 1. The first kappa shape index (κ1) is 27.7. The van der Waals surface area contributed by atoms with Gasteiger partial charge in [0.1, 0.15) is 5.92 Å². The zero-order valence-electron chi connectivity index (χ0n) is 22.4. The van der Waals surface area contributed by atoms with Gasteiger partial charge < -0.3 is 23.7 Å². The molecule has 0 amide bonds. The number of nitrogens with zero attached hydrogens (tertiary/aromatic N) is 1. The van der Waals surface area contributed by atoms with Gasteiger partial charge in [-0.3, -0.25) is 14.6 Å². The summed E-state index contributed by atoms with van der Waals surface area (Å²) in [5.41, 5.74) is 3.53. The van der Waals surface area contributed by atoms with E-state index in [1.165, 1.54) is 0 Å². The topological polar surface area (TPSA) is 92.7 Å². The van der Waals surface area contributed by atoms with Crippen molar-refractivity contribution in [1.82, 2.24) is 0 Å². The Balaban J connectivity index is 1.84. The Hall–Kier alpha value is -3.33. The summed E-state index contributed by atoms with van der Waals surface area (Å²) in [5, 5.41) is 0. The molecule has 0 N–H and O–H groups in total. The molecular weight excluding hydrogens is 554 g/mol. The van der Waals surface area contributed by atoms with Crippen molar-refractivity contribution >= 4 is 33.4 Å². The number of methoxy groups -OCH3 is 4. The Kier molecular flexibility index (Phi) is 8.45. The Morgan fingerprint density at radius 2 is 1.58 bits per heavy atom. The summed E-state index contributed by atoms with van der Waals surface area (Å²) >= 11 is 3.65. The fourth-order valence-electron chi connectivity index (χ4n) is 5.38. The van der Waals surface area contributed by atoms with Crippen LogP contribution in [-0.2, 0) is 14.3 Å². The molecule has 2 aliphatic rings. The minimum atomic E-state index is -0.746. The van der Waals surface area contributed by atoms with Gasteiger partial charge in [0.05, 0.1) is 35.0 Å². The molecule has 0 aromatic heterocycles. The number of carbonyl (C=O) groups excluding carboxylic acids is 2. The van der Waals surface area contributed by atoms with E-state index in [4.69, 9.17) is 28.7 Å². The third-order valence-corrected chi connectivity index (χ3v) is 7.83. The second-order valence-corrected chi connectivity index (χ2v) is 10.0. The molecule has 2 aromatic carbocycles. The van der Waals surface area contributed by atoms with Gasteiger partial charge in [-0.1, -0.05) is 22.0 Å². The molecule has 0 radical (unpaired) electrons. The molecule has 3 atom stereocenters. The molecule has 1 aliphatic carbocycles. The number of allylic oxidation sites excluding steroid dienone is 2. The molecule has 0 bridgehead atoms. The lowest BCUT2D eigenvalue weighted by Gasteiger charge is -2.37. The van der Waals surface area contributed by atoms with Gasteiger partial charge in [-0.15, -0.1) is 0 Å². The lowest BCUT2D eigenvalue weighted by molar-refractivity contribution is -0.146. The van der Waals surface area contributed by atoms with Crippen LogP contribution in [0.4, 0.5) is 0 Å². The molecule has 1 aliphatic heterocycles. The highest BCUT2D eigenvalue weighted by Crippen LogP contribution is 2.50. The van der Waals surface area contributed by atoms with E-state index in [2.05, 4.69) is 15.9 Å². The average molecular weight is 586 g/mol. The summed E-state index contributed by atoms with van der Waals surface area (Å²) in [6.45, 7) is 3.81. The number of carbonyl (C=O) groups is 2. The van der Waals surface area contributed by atoms with Gasteiger partial charge in [0, 0.05) is 33.8 Å². The fraction of sp³-hybridized carbons (Fsp3) is 0.414. The van der Waals surface area contributed by atoms with E-state index in [-0.39, 0.29) is 24.7 Å². The molecule has 9 heteroatoms. The number of halogens is 1. The summed E-state index contributed by atoms with van der Waals surface area (Å²) in [5.74, 6) is 0.378. The minimum Gasteiger partial charge on any atom is -0.493 e. The van der Waals surface area contributed by atoms with Crippen LogP contribution < -0.4 is 18.9 Å². The van der Waals surface area contributed by atoms with E-state index in [0.29, 0.717) is 50.9 Å². The molecule has 38 heavy (non-hydrogen) atoms. The molecule has 202 valence electrons. The van der Waals surface area contributed by atoms with Crippen molar-refractivity contribution in [2.24, 2.45) is 10.9 Å². The summed E-state index contributed by atoms with van der Waals surface area (Å²) in [6, 6.07) is 9.31. The van der Waals surface area contributed by atoms with E-state index in [1.54, 1.807) is 41.4 Å². The zero-order valence-corrected chi connectivity index (χ0v) is 24.0. The van der Waals surface area contributed by atoms with Crippen molar-refractivity contribution in [3.05, 3.63) is 57.2 Å². The Morgan fingerprint density at radius 1 is 0.947 bits per heavy atom. The quantitative estimate of drug-likeness (QED) is 0.371. The van der Waals surface area contributed by atoms with E-state index in [9.17, 15) is 9.59 Å². The Bertz CT molecular complexity index is 1320. The van der Waals surface area contributed by atoms with E-state index in [1.807, 2.05) is 31.2 Å². The second kappa shape index (κ2) is 11.6. The molecular formula is C29H32BrNO7. The number of esters is 1. The number of benzene rings is 2. The van der Waals surface area contributed by atoms with Crippen molar-refractivity contribution in [1.29, 1.82) is 0 Å². The number of aliphatic imine (C=N–C) groups is 1. The van der Waals surface area contributed by atoms with Gasteiger partial charge in [0.15, 0.2) is 28.8 Å². The van der Waals surface area contributed by atoms with E-state index < -0.39 is 17.8 Å². The van der Waals surface area contributed by atoms with Crippen molar-refractivity contribution in [2.45, 2.75) is 38.5 Å². The third-order valence-electron chi connectivity index (χ3n) is 7.15. The van der Waals surface area contributed by atoms with Crippen LogP contribution >= 0.6 is 15.9 Å². The number of rotatable bonds is 8. The predicted octanol–water partition coefficient (Wildman–Crippen LogP) is 5.62. The van der Waals surface area contributed by atoms with Crippen LogP contribution in [0, 0.1) is 5.92 Å². The molecule has 0 saturated carbocycles. The van der Waals surface area contributed by atoms with Gasteiger partial charge >= 0.3 is 5.97 Å². The Morgan fingerprint density at radius 3 is 2.21 bits per heavy atom. The highest BCUT2D eigenvalue weighted by atomic mass is 79.9. The largest absolute Gasteiger partial charge is 0.493 e. The van der Waals surface area contributed by atoms with Crippen molar-refractivity contribution in [3.63, 3.8) is 0 Å². The summed E-state index contributed by atoms with van der Waals surface area (Å²) < 4.78 is 28.0. The lowest BCUT2D eigenvalue weighted by Crippen LogP contribution is -2.38. The monoisotopic (exact) mass is 585 g/mol. The highest BCUT2D eigenvalue weighted by molar-refractivity contribution is 9.10. The number of hydrogen-bond donors (Lipinski definition) is 0. The van der Waals surface area contributed by atoms with E-state index >= 15 is 0 Å². The van der Waals surface area contributed by atoms with Crippen LogP contribution in [0.1, 0.15) is 49.7 Å². The maximum absolute atomic E-state index is 13.9. The molecule has 0 spiro atoms. The molecule has 1 heterocycles. The normalized spacial score (nSPS) is 20.9. The smallest absolute Gasteiger partial charge is 0.315 e. The first-order valence-electron chi connectivity index (χ1n) is 12.4. The second-order valence-electron chi connectivity index (χ2n) is 9.19. The van der Waals surface area contributed by atoms with Crippen LogP contribution in [0.25, 0.3) is 0 Å². The van der Waals surface area contributed by atoms with Crippen LogP contribution in [-0.4, -0.2) is 52.5 Å². The summed E-state index contributed by atoms with van der Waals surface area (Å²) in [6.07, 6.45) is 0.824. The molecule has 0 saturated heterocycles. The van der Waals surface area contributed by atoms with Crippen molar-refractivity contribution in [3.8, 4) is 23.0 Å². The van der Waals surface area contributed by atoms with Crippen LogP contribution in [0.5, 0.6) is 23.0 Å². The predicted molar refractivity (Wildman–Crippen MR) is 147 cm³/mol. The van der Waals surface area contributed by atoms with Crippen molar-refractivity contribution in [2.75, 3.05) is 35.0 Å². The average Bonchev–Trinajstić information content (AvgIpc) is 2.91. The number of ether oxygens (including phenoxy) is 5. The first-order chi connectivity index (χ1) is 18.3. The standard InChI is InChI=1S/C29H32BrNO7/c1-7-38-29(33)26-15(2)31-20-10-17(16-8-9-22(34-3)23(12-16)35-4)11-21(32)28(20)27(26)18-13-24(36-5)25(37-6)14-19(18)30/h8-9,12-14,17,26-27H,7,10-11H2,1-6H3/t17-,26?,27+/m0/s1. The fourth-order valence-corrected chi connectivity index (χ4v) is 5.95. The van der Waals surface area contributed by atoms with Gasteiger partial charge in [-0.25, -0.2) is 0 Å². The molecule has 8 nitrogen and oxygen atoms in total.